The van der Waals surface area contributed by atoms with Gasteiger partial charge >= 0.3 is 5.69 Å². The van der Waals surface area contributed by atoms with E-state index in [4.69, 9.17) is 87.0 Å². The van der Waals surface area contributed by atoms with Gasteiger partial charge in [0, 0.05) is 45.7 Å². The van der Waals surface area contributed by atoms with Crippen molar-refractivity contribution in [3.63, 3.8) is 0 Å². The molecule has 0 unspecified atom stereocenters. The highest BCUT2D eigenvalue weighted by molar-refractivity contribution is 6.36. The zero-order valence-corrected chi connectivity index (χ0v) is 69.1. The fourth-order valence-electron chi connectivity index (χ4n) is 9.77. The van der Waals surface area contributed by atoms with E-state index in [1.54, 1.807) is 0 Å². The van der Waals surface area contributed by atoms with E-state index < -0.39 is 0 Å². The lowest BCUT2D eigenvalue weighted by Crippen LogP contribution is -2.25. The predicted molar refractivity (Wildman–Crippen MR) is 525 cm³/mol. The molecule has 0 aliphatic heterocycles. The van der Waals surface area contributed by atoms with Crippen molar-refractivity contribution in [1.82, 2.24) is 69.9 Å². The van der Waals surface area contributed by atoms with Gasteiger partial charge in [0.2, 0.25) is 27.1 Å². The Kier molecular flexibility index (Phi) is 60.9. The molecule has 10 aromatic carbocycles. The fraction of sp³-hybridized carbons (Fsp3) is 0.228. The Balaban J connectivity index is -0.00000132. The molecule has 0 saturated carbocycles. The third-order valence-corrected chi connectivity index (χ3v) is 15.9. The van der Waals surface area contributed by atoms with E-state index in [1.807, 2.05) is 318 Å². The van der Waals surface area contributed by atoms with Gasteiger partial charge in [-0.1, -0.05) is 320 Å². The Morgan fingerprint density at radius 1 is 0.325 bits per heavy atom. The molecule has 0 aliphatic rings. The Bertz CT molecular complexity index is 5340. The van der Waals surface area contributed by atoms with Crippen LogP contribution in [0, 0.1) is 0 Å². The molecule has 0 aliphatic carbocycles. The lowest BCUT2D eigenvalue weighted by Gasteiger charge is -2.11. The van der Waals surface area contributed by atoms with E-state index in [0.717, 1.165) is 86.3 Å². The normalized spacial score (nSPS) is 9.22. The van der Waals surface area contributed by atoms with E-state index >= 15 is 0 Å². The SMILES string of the molecule is C.C.C.C.C.C.C.CC.CC.CC.CC.CC.Clc1nc(Cl)c2ccccc2n1.Clc1nc(Cl)c2ccccc2n1.Clc1nc(NNCCc2ccccc2)c2ccccc2n1.Clc1nc(NNc2ccccc2)c2ccccc2n1.NNCCc1ccccc1.NNc1ccccc1.Nc1nc2ccccc2c2nn(-c3ccccc3)c(=O)n12. The summed E-state index contributed by atoms with van der Waals surface area (Å²) < 4.78 is 2.66. The lowest BCUT2D eigenvalue weighted by atomic mass is 10.2. The molecule has 16 aromatic rings. The minimum Gasteiger partial charge on any atom is -0.369 e. The first-order valence-corrected chi connectivity index (χ1v) is 38.9. The summed E-state index contributed by atoms with van der Waals surface area (Å²) in [6.07, 6.45) is 1.93. The molecule has 0 atom stereocenters. The van der Waals surface area contributed by atoms with E-state index in [9.17, 15) is 4.79 Å². The zero-order chi connectivity index (χ0) is 82.1. The van der Waals surface area contributed by atoms with Crippen LogP contribution in [0.2, 0.25) is 31.4 Å². The second kappa shape index (κ2) is 64.7. The number of nitrogens with zero attached hydrogens (tertiary/aromatic N) is 12. The molecule has 12 N–H and O–H groups in total. The molecule has 0 fully saturated rings. The zero-order valence-electron chi connectivity index (χ0n) is 64.6. The number of rotatable bonds is 13. The number of hydrogen-bond donors (Lipinski definition) is 9. The van der Waals surface area contributed by atoms with Gasteiger partial charge < -0.3 is 16.6 Å². The molecule has 120 heavy (non-hydrogen) atoms. The van der Waals surface area contributed by atoms with Crippen LogP contribution in [0.3, 0.4) is 0 Å². The van der Waals surface area contributed by atoms with Gasteiger partial charge in [0.1, 0.15) is 10.3 Å². The Hall–Kier alpha value is -11.3. The molecule has 28 heteroatoms. The van der Waals surface area contributed by atoms with Crippen molar-refractivity contribution in [3.8, 4) is 5.69 Å². The number of hydrazine groups is 4. The van der Waals surface area contributed by atoms with Gasteiger partial charge in [-0.25, -0.2) is 49.5 Å². The van der Waals surface area contributed by atoms with Crippen molar-refractivity contribution >= 4 is 159 Å². The summed E-state index contributed by atoms with van der Waals surface area (Å²) in [7, 11) is 0. The Morgan fingerprint density at radius 3 is 1.02 bits per heavy atom. The second-order valence-corrected chi connectivity index (χ2v) is 23.7. The third kappa shape index (κ3) is 36.1. The van der Waals surface area contributed by atoms with Crippen LogP contribution < -0.4 is 55.7 Å². The highest BCUT2D eigenvalue weighted by atomic mass is 35.5. The number of fused-ring (bicyclic) bond motifs is 7. The largest absolute Gasteiger partial charge is 0.369 e. The number of nitrogen functional groups attached to an aromatic ring is 2. The van der Waals surface area contributed by atoms with E-state index in [0.29, 0.717) is 38.8 Å². The molecule has 0 radical (unpaired) electrons. The molecule has 0 spiro atoms. The first-order valence-electron chi connectivity index (χ1n) is 36.6. The average Bonchev–Trinajstić information content (AvgIpc) is 1.60. The molecule has 644 valence electrons. The number of benzene rings is 10. The summed E-state index contributed by atoms with van der Waals surface area (Å²) in [5, 5.41) is 10.3. The molecule has 0 amide bonds. The number of halogens is 6. The Labute approximate surface area is 741 Å². The highest BCUT2D eigenvalue weighted by Crippen LogP contribution is 2.26. The van der Waals surface area contributed by atoms with Gasteiger partial charge in [0.15, 0.2) is 17.3 Å². The topological polar surface area (TPSA) is 306 Å². The van der Waals surface area contributed by atoms with Gasteiger partial charge in [-0.3, -0.25) is 28.0 Å². The predicted octanol–water partition coefficient (Wildman–Crippen LogP) is 25.9. The van der Waals surface area contributed by atoms with Crippen LogP contribution in [-0.2, 0) is 12.8 Å². The average molecular weight is 1750 g/mol. The van der Waals surface area contributed by atoms with Crippen molar-refractivity contribution in [1.29, 1.82) is 0 Å². The van der Waals surface area contributed by atoms with Gasteiger partial charge in [0.25, 0.3) is 0 Å². The van der Waals surface area contributed by atoms with Crippen LogP contribution in [0.4, 0.5) is 29.0 Å². The molecule has 6 aromatic heterocycles. The van der Waals surface area contributed by atoms with Crippen LogP contribution >= 0.6 is 69.6 Å². The summed E-state index contributed by atoms with van der Waals surface area (Å²) in [5.74, 6) is 11.7. The lowest BCUT2D eigenvalue weighted by molar-refractivity contribution is 0.728. The number of anilines is 5. The third-order valence-electron chi connectivity index (χ3n) is 14.6. The van der Waals surface area contributed by atoms with Crippen LogP contribution in [0.15, 0.2) is 278 Å². The van der Waals surface area contributed by atoms with Crippen molar-refractivity contribution in [2.75, 3.05) is 40.5 Å². The van der Waals surface area contributed by atoms with Crippen molar-refractivity contribution < 1.29 is 0 Å². The van der Waals surface area contributed by atoms with Crippen molar-refractivity contribution in [2.45, 2.75) is 134 Å². The minimum atomic E-state index is -0.327. The number of hydrogen-bond acceptors (Lipinski definition) is 20. The van der Waals surface area contributed by atoms with Crippen LogP contribution in [0.5, 0.6) is 0 Å². The van der Waals surface area contributed by atoms with E-state index in [-0.39, 0.29) is 84.8 Å². The smallest absolute Gasteiger partial charge is 0.358 e. The fourth-order valence-corrected chi connectivity index (χ4v) is 11.0. The summed E-state index contributed by atoms with van der Waals surface area (Å²) in [4.78, 5) is 49.3. The first kappa shape index (κ1) is 113. The summed E-state index contributed by atoms with van der Waals surface area (Å²) in [6, 6.07) is 87.0. The molecule has 6 heterocycles. The van der Waals surface area contributed by atoms with Gasteiger partial charge in [-0.2, -0.15) is 14.6 Å². The number of nitrogens with one attached hydrogen (secondary N) is 6. The standard InChI is InChI=1S/C16H15ClN4.C15H11N5O.C14H11ClN4.2C8H4Cl2N2.C8H12N2.C6H8N2.5C2H6.7CH4/c17-16-19-14-9-5-4-8-13(14)15(20-16)21-18-11-10-12-6-2-1-3-7-12;16-14-17-12-9-5-4-8-11(12)13-18-20(15(21)19(13)14)10-6-2-1-3-7-10;15-14-16-12-9-5-4-8-11(12)13(17-14)19-18-10-6-2-1-3-7-10;2*9-7-5-3-1-2-4-6(5)11-8(10)12-7;9-10-7-6-8-4-2-1-3-5-8;7-8-6-4-2-1-3-5-6;5*1-2;;;;;;;/h1-9,18H,10-11H2,(H,19,20,21);1-9H,(H2,16,17);1-9,18H,(H,16,17,19);2*1-4H;1-5,10H,6-7,9H2;1-5,8H,7H2;5*1-2H3;7*1H4. The Morgan fingerprint density at radius 2 is 0.633 bits per heavy atom. The number of para-hydroxylation sites is 8. The van der Waals surface area contributed by atoms with Gasteiger partial charge in [0.05, 0.1) is 39.0 Å². The number of nitrogens with two attached hydrogens (primary N) is 3. The van der Waals surface area contributed by atoms with E-state index in [1.165, 1.54) is 20.2 Å². The molecular weight excluding hydrogens is 1630 g/mol. The minimum absolute atomic E-state index is 0. The summed E-state index contributed by atoms with van der Waals surface area (Å²) in [5.41, 5.74) is 32.7. The van der Waals surface area contributed by atoms with Crippen LogP contribution in [0.25, 0.3) is 65.8 Å². The maximum Gasteiger partial charge on any atom is 0.358 e. The van der Waals surface area contributed by atoms with Crippen molar-refractivity contribution in [3.05, 3.63) is 326 Å². The molecule has 0 bridgehead atoms. The quantitative estimate of drug-likeness (QED) is 0.0170. The van der Waals surface area contributed by atoms with Gasteiger partial charge in [-0.05, 0) is 167 Å². The summed E-state index contributed by atoms with van der Waals surface area (Å²) >= 11 is 34.7. The highest BCUT2D eigenvalue weighted by Gasteiger charge is 2.16. The number of aromatic nitrogens is 12. The first-order chi connectivity index (χ1) is 55.3. The van der Waals surface area contributed by atoms with Crippen LogP contribution in [-0.4, -0.2) is 72.1 Å². The molecule has 22 nitrogen and oxygen atoms in total. The van der Waals surface area contributed by atoms with Crippen molar-refractivity contribution in [2.24, 2.45) is 11.7 Å². The monoisotopic (exact) mass is 1750 g/mol. The second-order valence-electron chi connectivity index (χ2n) is 21.6. The maximum absolute atomic E-state index is 12.5. The van der Waals surface area contributed by atoms with Crippen LogP contribution in [0.1, 0.15) is 132 Å². The van der Waals surface area contributed by atoms with E-state index in [2.05, 4.69) is 107 Å². The molecule has 16 rings (SSSR count). The van der Waals surface area contributed by atoms with Gasteiger partial charge in [-0.15, -0.1) is 5.10 Å². The molecule has 0 saturated heterocycles. The maximum atomic E-state index is 12.5. The molecular formula is C92H123Cl6N21O. The summed E-state index contributed by atoms with van der Waals surface area (Å²) in [6.45, 7) is 21.6.